The molecule has 1 aromatic carbocycles. The summed E-state index contributed by atoms with van der Waals surface area (Å²) in [4.78, 5) is 2.50. The Kier molecular flexibility index (Phi) is 5.58. The van der Waals surface area contributed by atoms with Crippen molar-refractivity contribution in [2.24, 2.45) is 5.92 Å². The van der Waals surface area contributed by atoms with Crippen LogP contribution in [0.15, 0.2) is 24.3 Å². The molecule has 3 heteroatoms. The normalized spacial score (nSPS) is 25.6. The van der Waals surface area contributed by atoms with Crippen LogP contribution in [0.25, 0.3) is 0 Å². The van der Waals surface area contributed by atoms with E-state index in [1.807, 2.05) is 12.1 Å². The number of aryl methyl sites for hydroxylation is 1. The number of hydrogen-bond donors (Lipinski definition) is 2. The van der Waals surface area contributed by atoms with Gasteiger partial charge in [0, 0.05) is 19.1 Å². The van der Waals surface area contributed by atoms with Crippen LogP contribution < -0.4 is 5.32 Å². The Morgan fingerprint density at radius 2 is 2.25 bits per heavy atom. The lowest BCUT2D eigenvalue weighted by Crippen LogP contribution is -2.49. The highest BCUT2D eigenvalue weighted by Crippen LogP contribution is 2.18. The van der Waals surface area contributed by atoms with Crippen LogP contribution in [-0.2, 0) is 0 Å². The van der Waals surface area contributed by atoms with Gasteiger partial charge in [0.2, 0.25) is 0 Å². The van der Waals surface area contributed by atoms with Gasteiger partial charge in [-0.25, -0.2) is 0 Å². The molecule has 1 aromatic rings. The van der Waals surface area contributed by atoms with Crippen molar-refractivity contribution >= 4 is 0 Å². The molecular formula is C17H28N2O. The number of aliphatic hydroxyl groups is 1. The van der Waals surface area contributed by atoms with Crippen LogP contribution in [0.4, 0.5) is 0 Å². The van der Waals surface area contributed by atoms with Crippen molar-refractivity contribution in [3.8, 4) is 0 Å². The first-order chi connectivity index (χ1) is 9.60. The molecule has 1 aliphatic rings. The zero-order valence-corrected chi connectivity index (χ0v) is 13.0. The SMILES string of the molecule is CCN1CCC(NCC(O)c2cccc(C)c2)C(C)C1. The monoisotopic (exact) mass is 276 g/mol. The summed E-state index contributed by atoms with van der Waals surface area (Å²) < 4.78 is 0. The minimum atomic E-state index is -0.411. The van der Waals surface area contributed by atoms with E-state index in [-0.39, 0.29) is 0 Å². The lowest BCUT2D eigenvalue weighted by atomic mass is 9.93. The van der Waals surface area contributed by atoms with Crippen molar-refractivity contribution in [1.82, 2.24) is 10.2 Å². The summed E-state index contributed by atoms with van der Waals surface area (Å²) in [6.45, 7) is 10.7. The number of hydrogen-bond acceptors (Lipinski definition) is 3. The molecule has 1 fully saturated rings. The lowest BCUT2D eigenvalue weighted by Gasteiger charge is -2.37. The van der Waals surface area contributed by atoms with Gasteiger partial charge in [-0.15, -0.1) is 0 Å². The van der Waals surface area contributed by atoms with Gasteiger partial charge in [-0.3, -0.25) is 0 Å². The molecule has 1 saturated heterocycles. The van der Waals surface area contributed by atoms with E-state index in [2.05, 4.69) is 43.1 Å². The van der Waals surface area contributed by atoms with E-state index in [1.54, 1.807) is 0 Å². The van der Waals surface area contributed by atoms with Gasteiger partial charge in [-0.05, 0) is 37.9 Å². The molecule has 1 aliphatic heterocycles. The molecule has 0 spiro atoms. The molecule has 0 amide bonds. The van der Waals surface area contributed by atoms with Crippen molar-refractivity contribution in [1.29, 1.82) is 0 Å². The van der Waals surface area contributed by atoms with Gasteiger partial charge in [0.05, 0.1) is 6.10 Å². The number of nitrogens with one attached hydrogen (secondary N) is 1. The van der Waals surface area contributed by atoms with E-state index in [4.69, 9.17) is 0 Å². The van der Waals surface area contributed by atoms with Crippen molar-refractivity contribution in [2.75, 3.05) is 26.2 Å². The molecule has 2 N–H and O–H groups in total. The van der Waals surface area contributed by atoms with Crippen LogP contribution in [0, 0.1) is 12.8 Å². The molecule has 0 radical (unpaired) electrons. The summed E-state index contributed by atoms with van der Waals surface area (Å²) in [6.07, 6.45) is 0.765. The van der Waals surface area contributed by atoms with Crippen molar-refractivity contribution in [3.63, 3.8) is 0 Å². The minimum Gasteiger partial charge on any atom is -0.387 e. The van der Waals surface area contributed by atoms with E-state index < -0.39 is 6.10 Å². The Balaban J connectivity index is 1.83. The van der Waals surface area contributed by atoms with Crippen LogP contribution in [0.5, 0.6) is 0 Å². The summed E-state index contributed by atoms with van der Waals surface area (Å²) in [5.41, 5.74) is 2.21. The Labute approximate surface area is 123 Å². The second-order valence-corrected chi connectivity index (χ2v) is 6.10. The Hall–Kier alpha value is -0.900. The van der Waals surface area contributed by atoms with Gasteiger partial charge in [0.25, 0.3) is 0 Å². The third-order valence-corrected chi connectivity index (χ3v) is 4.44. The highest BCUT2D eigenvalue weighted by molar-refractivity contribution is 5.24. The summed E-state index contributed by atoms with van der Waals surface area (Å²) in [7, 11) is 0. The third kappa shape index (κ3) is 4.05. The second-order valence-electron chi connectivity index (χ2n) is 6.10. The fourth-order valence-corrected chi connectivity index (χ4v) is 3.08. The van der Waals surface area contributed by atoms with Gasteiger partial charge in [-0.1, -0.05) is 43.7 Å². The number of nitrogens with zero attached hydrogens (tertiary/aromatic N) is 1. The van der Waals surface area contributed by atoms with E-state index >= 15 is 0 Å². The summed E-state index contributed by atoms with van der Waals surface area (Å²) in [6, 6.07) is 8.66. The fourth-order valence-electron chi connectivity index (χ4n) is 3.08. The number of aliphatic hydroxyl groups excluding tert-OH is 1. The Morgan fingerprint density at radius 1 is 1.45 bits per heavy atom. The molecule has 0 aromatic heterocycles. The predicted molar refractivity (Wildman–Crippen MR) is 83.8 cm³/mol. The standard InChI is InChI=1S/C17H28N2O/c1-4-19-9-8-16(14(3)12-19)18-11-17(20)15-7-5-6-13(2)10-15/h5-7,10,14,16-18,20H,4,8-9,11-12H2,1-3H3. The first-order valence-corrected chi connectivity index (χ1v) is 7.80. The molecule has 0 aliphatic carbocycles. The molecule has 2 rings (SSSR count). The van der Waals surface area contributed by atoms with E-state index in [0.717, 1.165) is 18.7 Å². The number of piperidine rings is 1. The van der Waals surface area contributed by atoms with Crippen molar-refractivity contribution in [3.05, 3.63) is 35.4 Å². The minimum absolute atomic E-state index is 0.411. The first-order valence-electron chi connectivity index (χ1n) is 7.80. The number of rotatable bonds is 5. The maximum absolute atomic E-state index is 10.3. The number of benzene rings is 1. The van der Waals surface area contributed by atoms with Gasteiger partial charge in [-0.2, -0.15) is 0 Å². The molecule has 20 heavy (non-hydrogen) atoms. The van der Waals surface area contributed by atoms with Gasteiger partial charge < -0.3 is 15.3 Å². The summed E-state index contributed by atoms with van der Waals surface area (Å²) in [5, 5.41) is 13.8. The highest BCUT2D eigenvalue weighted by Gasteiger charge is 2.25. The maximum Gasteiger partial charge on any atom is 0.0914 e. The molecule has 0 saturated carbocycles. The molecule has 0 bridgehead atoms. The zero-order valence-electron chi connectivity index (χ0n) is 13.0. The summed E-state index contributed by atoms with van der Waals surface area (Å²) in [5.74, 6) is 0.647. The smallest absolute Gasteiger partial charge is 0.0914 e. The predicted octanol–water partition coefficient (Wildman–Crippen LogP) is 2.35. The molecular weight excluding hydrogens is 248 g/mol. The zero-order chi connectivity index (χ0) is 14.5. The Bertz CT molecular complexity index is 421. The highest BCUT2D eigenvalue weighted by atomic mass is 16.3. The van der Waals surface area contributed by atoms with Gasteiger partial charge in [0.1, 0.15) is 0 Å². The molecule has 3 nitrogen and oxygen atoms in total. The maximum atomic E-state index is 10.3. The molecule has 1 heterocycles. The largest absolute Gasteiger partial charge is 0.387 e. The number of likely N-dealkylation sites (tertiary alicyclic amines) is 1. The van der Waals surface area contributed by atoms with Crippen LogP contribution in [0.3, 0.4) is 0 Å². The van der Waals surface area contributed by atoms with E-state index in [9.17, 15) is 5.11 Å². The molecule has 112 valence electrons. The molecule has 3 atom stereocenters. The lowest BCUT2D eigenvalue weighted by molar-refractivity contribution is 0.127. The van der Waals surface area contributed by atoms with E-state index in [1.165, 1.54) is 18.5 Å². The quantitative estimate of drug-likeness (QED) is 0.866. The first kappa shape index (κ1) is 15.5. The third-order valence-electron chi connectivity index (χ3n) is 4.44. The van der Waals surface area contributed by atoms with Crippen molar-refractivity contribution < 1.29 is 5.11 Å². The van der Waals surface area contributed by atoms with Crippen LogP contribution in [0.2, 0.25) is 0 Å². The van der Waals surface area contributed by atoms with E-state index in [0.29, 0.717) is 18.5 Å². The topological polar surface area (TPSA) is 35.5 Å². The summed E-state index contributed by atoms with van der Waals surface area (Å²) >= 11 is 0. The second kappa shape index (κ2) is 7.21. The van der Waals surface area contributed by atoms with Crippen LogP contribution >= 0.6 is 0 Å². The molecule has 3 unspecified atom stereocenters. The average molecular weight is 276 g/mol. The van der Waals surface area contributed by atoms with Crippen LogP contribution in [-0.4, -0.2) is 42.2 Å². The Morgan fingerprint density at radius 3 is 2.90 bits per heavy atom. The van der Waals surface area contributed by atoms with Crippen molar-refractivity contribution in [2.45, 2.75) is 39.3 Å². The fraction of sp³-hybridized carbons (Fsp3) is 0.647. The van der Waals surface area contributed by atoms with Gasteiger partial charge in [0.15, 0.2) is 0 Å². The van der Waals surface area contributed by atoms with Gasteiger partial charge >= 0.3 is 0 Å². The average Bonchev–Trinajstić information content (AvgIpc) is 2.45. The van der Waals surface area contributed by atoms with Crippen LogP contribution in [0.1, 0.15) is 37.5 Å².